The van der Waals surface area contributed by atoms with E-state index >= 15 is 0 Å². The molecular weight excluding hydrogens is 180 g/mol. The molecule has 0 fully saturated rings. The van der Waals surface area contributed by atoms with E-state index in [1.165, 1.54) is 0 Å². The molecule has 5 heteroatoms. The van der Waals surface area contributed by atoms with E-state index in [9.17, 15) is 0 Å². The average Bonchev–Trinajstić information content (AvgIpc) is 2.67. The zero-order valence-electron chi connectivity index (χ0n) is 7.46. The van der Waals surface area contributed by atoms with Crippen molar-refractivity contribution in [2.24, 2.45) is 5.73 Å². The summed E-state index contributed by atoms with van der Waals surface area (Å²) in [6.45, 7) is 0.373. The maximum atomic E-state index is 9.09. The Labute approximate surface area is 80.8 Å². The van der Waals surface area contributed by atoms with Crippen molar-refractivity contribution in [3.63, 3.8) is 0 Å². The summed E-state index contributed by atoms with van der Waals surface area (Å²) in [4.78, 5) is 0. The molecule has 0 saturated heterocycles. The number of phenols is 1. The van der Waals surface area contributed by atoms with Gasteiger partial charge in [-0.15, -0.1) is 5.10 Å². The molecule has 0 unspecified atom stereocenters. The molecule has 3 N–H and O–H groups in total. The van der Waals surface area contributed by atoms with Gasteiger partial charge in [0.2, 0.25) is 0 Å². The summed E-state index contributed by atoms with van der Waals surface area (Å²) in [6, 6.07) is 6.70. The van der Waals surface area contributed by atoms with Crippen LogP contribution in [0.5, 0.6) is 5.75 Å². The lowest BCUT2D eigenvalue weighted by molar-refractivity contribution is 0.475. The fourth-order valence-electron chi connectivity index (χ4n) is 1.12. The Morgan fingerprint density at radius 1 is 1.29 bits per heavy atom. The van der Waals surface area contributed by atoms with E-state index in [4.69, 9.17) is 10.8 Å². The smallest absolute Gasteiger partial charge is 0.115 e. The molecule has 14 heavy (non-hydrogen) atoms. The summed E-state index contributed by atoms with van der Waals surface area (Å²) < 4.78 is 1.61. The summed E-state index contributed by atoms with van der Waals surface area (Å²) in [5.74, 6) is 0.230. The van der Waals surface area contributed by atoms with Crippen LogP contribution in [0.15, 0.2) is 30.5 Å². The second-order valence-electron chi connectivity index (χ2n) is 2.87. The molecular formula is C9H10N4O. The van der Waals surface area contributed by atoms with Gasteiger partial charge >= 0.3 is 0 Å². The highest BCUT2D eigenvalue weighted by molar-refractivity contribution is 5.35. The fraction of sp³-hybridized carbons (Fsp3) is 0.111. The van der Waals surface area contributed by atoms with E-state index < -0.39 is 0 Å². The number of aromatic nitrogens is 3. The maximum Gasteiger partial charge on any atom is 0.115 e. The molecule has 0 saturated carbocycles. The van der Waals surface area contributed by atoms with Gasteiger partial charge in [0, 0.05) is 6.54 Å². The van der Waals surface area contributed by atoms with Gasteiger partial charge in [0.15, 0.2) is 0 Å². The Morgan fingerprint density at radius 3 is 2.57 bits per heavy atom. The van der Waals surface area contributed by atoms with Crippen LogP contribution < -0.4 is 5.73 Å². The van der Waals surface area contributed by atoms with Crippen LogP contribution in [0, 0.1) is 0 Å². The number of rotatable bonds is 2. The zero-order chi connectivity index (χ0) is 9.97. The van der Waals surface area contributed by atoms with E-state index in [1.54, 1.807) is 35.1 Å². The molecule has 5 nitrogen and oxygen atoms in total. The van der Waals surface area contributed by atoms with E-state index in [0.29, 0.717) is 6.54 Å². The maximum absolute atomic E-state index is 9.09. The van der Waals surface area contributed by atoms with Crippen molar-refractivity contribution in [3.05, 3.63) is 36.2 Å². The molecule has 0 aliphatic carbocycles. The lowest BCUT2D eigenvalue weighted by Crippen LogP contribution is -1.95. The molecule has 72 valence electrons. The van der Waals surface area contributed by atoms with Crippen LogP contribution in [-0.2, 0) is 6.54 Å². The first-order chi connectivity index (χ1) is 6.79. The third kappa shape index (κ3) is 1.57. The largest absolute Gasteiger partial charge is 0.508 e. The highest BCUT2D eigenvalue weighted by Gasteiger charge is 2.00. The van der Waals surface area contributed by atoms with Gasteiger partial charge in [0.1, 0.15) is 5.75 Å². The number of hydrogen-bond donors (Lipinski definition) is 2. The first-order valence-electron chi connectivity index (χ1n) is 4.20. The SMILES string of the molecule is NCc1cn(-c2ccc(O)cc2)nn1. The Hall–Kier alpha value is -1.88. The molecule has 2 rings (SSSR count). The highest BCUT2D eigenvalue weighted by atomic mass is 16.3. The summed E-state index contributed by atoms with van der Waals surface area (Å²) >= 11 is 0. The molecule has 1 heterocycles. The minimum absolute atomic E-state index is 0.230. The van der Waals surface area contributed by atoms with E-state index in [0.717, 1.165) is 11.4 Å². The number of aromatic hydroxyl groups is 1. The molecule has 0 bridgehead atoms. The molecule has 0 aliphatic heterocycles. The van der Waals surface area contributed by atoms with E-state index in [1.807, 2.05) is 0 Å². The van der Waals surface area contributed by atoms with Gasteiger partial charge in [0.05, 0.1) is 17.6 Å². The van der Waals surface area contributed by atoms with Crippen LogP contribution in [0.3, 0.4) is 0 Å². The van der Waals surface area contributed by atoms with E-state index in [2.05, 4.69) is 10.3 Å². The number of nitrogens with zero attached hydrogens (tertiary/aromatic N) is 3. The Balaban J connectivity index is 2.34. The molecule has 1 aromatic carbocycles. The molecule has 2 aromatic rings. The van der Waals surface area contributed by atoms with Gasteiger partial charge in [-0.05, 0) is 24.3 Å². The number of phenolic OH excluding ortho intramolecular Hbond substituents is 1. The van der Waals surface area contributed by atoms with Crippen molar-refractivity contribution in [2.45, 2.75) is 6.54 Å². The minimum atomic E-state index is 0.230. The van der Waals surface area contributed by atoms with Crippen LogP contribution in [-0.4, -0.2) is 20.1 Å². The molecule has 0 radical (unpaired) electrons. The van der Waals surface area contributed by atoms with Gasteiger partial charge in [-0.2, -0.15) is 0 Å². The van der Waals surface area contributed by atoms with Gasteiger partial charge in [-0.25, -0.2) is 4.68 Å². The third-order valence-electron chi connectivity index (χ3n) is 1.86. The number of nitrogens with two attached hydrogens (primary N) is 1. The standard InChI is InChI=1S/C9H10N4O/c10-5-7-6-13(12-11-7)8-1-3-9(14)4-2-8/h1-4,6,14H,5,10H2. The minimum Gasteiger partial charge on any atom is -0.508 e. The van der Waals surface area contributed by atoms with Crippen molar-refractivity contribution in [3.8, 4) is 11.4 Å². The van der Waals surface area contributed by atoms with Crippen LogP contribution in [0.2, 0.25) is 0 Å². The lowest BCUT2D eigenvalue weighted by Gasteiger charge is -1.98. The summed E-state index contributed by atoms with van der Waals surface area (Å²) in [7, 11) is 0. The van der Waals surface area contributed by atoms with Gasteiger partial charge in [-0.3, -0.25) is 0 Å². The second-order valence-corrected chi connectivity index (χ2v) is 2.87. The zero-order valence-corrected chi connectivity index (χ0v) is 7.46. The van der Waals surface area contributed by atoms with E-state index in [-0.39, 0.29) is 5.75 Å². The highest BCUT2D eigenvalue weighted by Crippen LogP contribution is 2.12. The molecule has 0 aliphatic rings. The summed E-state index contributed by atoms with van der Waals surface area (Å²) in [6.07, 6.45) is 1.76. The second kappa shape index (κ2) is 3.47. The first-order valence-corrected chi connectivity index (χ1v) is 4.20. The van der Waals surface area contributed by atoms with Crippen molar-refractivity contribution >= 4 is 0 Å². The summed E-state index contributed by atoms with van der Waals surface area (Å²) in [5, 5.41) is 16.8. The van der Waals surface area contributed by atoms with Crippen molar-refractivity contribution in [1.82, 2.24) is 15.0 Å². The lowest BCUT2D eigenvalue weighted by atomic mass is 10.3. The predicted octanol–water partition coefficient (Wildman–Crippen LogP) is 0.432. The molecule has 0 spiro atoms. The Bertz CT molecular complexity index is 421. The van der Waals surface area contributed by atoms with Crippen molar-refractivity contribution < 1.29 is 5.11 Å². The number of benzene rings is 1. The quantitative estimate of drug-likeness (QED) is 0.720. The monoisotopic (exact) mass is 190 g/mol. The van der Waals surface area contributed by atoms with Gasteiger partial charge in [0.25, 0.3) is 0 Å². The Kier molecular flexibility index (Phi) is 2.16. The van der Waals surface area contributed by atoms with Crippen LogP contribution >= 0.6 is 0 Å². The summed E-state index contributed by atoms with van der Waals surface area (Å²) in [5.41, 5.74) is 6.99. The van der Waals surface area contributed by atoms with Crippen LogP contribution in [0.4, 0.5) is 0 Å². The average molecular weight is 190 g/mol. The van der Waals surface area contributed by atoms with Crippen LogP contribution in [0.25, 0.3) is 5.69 Å². The normalized spacial score (nSPS) is 10.4. The van der Waals surface area contributed by atoms with Crippen molar-refractivity contribution in [2.75, 3.05) is 0 Å². The molecule has 0 atom stereocenters. The topological polar surface area (TPSA) is 77.0 Å². The Morgan fingerprint density at radius 2 is 2.00 bits per heavy atom. The fourth-order valence-corrected chi connectivity index (χ4v) is 1.12. The predicted molar refractivity (Wildman–Crippen MR) is 50.9 cm³/mol. The van der Waals surface area contributed by atoms with Crippen molar-refractivity contribution in [1.29, 1.82) is 0 Å². The molecule has 1 aromatic heterocycles. The third-order valence-corrected chi connectivity index (χ3v) is 1.86. The van der Waals surface area contributed by atoms with Crippen LogP contribution in [0.1, 0.15) is 5.69 Å². The van der Waals surface area contributed by atoms with Gasteiger partial charge < -0.3 is 10.8 Å². The van der Waals surface area contributed by atoms with Gasteiger partial charge in [-0.1, -0.05) is 5.21 Å². The molecule has 0 amide bonds. The first kappa shape index (κ1) is 8.71. The number of hydrogen-bond acceptors (Lipinski definition) is 4.